The lowest BCUT2D eigenvalue weighted by Crippen LogP contribution is -2.50. The van der Waals surface area contributed by atoms with E-state index in [4.69, 9.17) is 9.47 Å². The fourth-order valence-electron chi connectivity index (χ4n) is 4.81. The molecular weight excluding hydrogens is 604 g/mol. The van der Waals surface area contributed by atoms with Crippen molar-refractivity contribution in [2.24, 2.45) is 5.92 Å². The Kier molecular flexibility index (Phi) is 13.0. The molecule has 238 valence electrons. The van der Waals surface area contributed by atoms with Crippen LogP contribution in [0.4, 0.5) is 9.59 Å². The monoisotopic (exact) mass is 644 g/mol. The lowest BCUT2D eigenvalue weighted by Gasteiger charge is -2.34. The van der Waals surface area contributed by atoms with Gasteiger partial charge < -0.3 is 25.0 Å². The van der Waals surface area contributed by atoms with Crippen molar-refractivity contribution in [2.45, 2.75) is 71.1 Å². The Labute approximate surface area is 268 Å². The van der Waals surface area contributed by atoms with Crippen LogP contribution in [0.25, 0.3) is 10.2 Å². The Morgan fingerprint density at radius 1 is 1.05 bits per heavy atom. The molecule has 0 saturated carbocycles. The summed E-state index contributed by atoms with van der Waals surface area (Å²) in [7, 11) is 0. The Hall–Kier alpha value is -3.70. The highest BCUT2D eigenvalue weighted by Gasteiger charge is 2.33. The number of nitrogens with one attached hydrogen (secondary N) is 2. The number of para-hydroxylation sites is 1. The number of amides is 3. The van der Waals surface area contributed by atoms with E-state index in [2.05, 4.69) is 15.6 Å². The summed E-state index contributed by atoms with van der Waals surface area (Å²) >= 11 is 1.30. The topological polar surface area (TPSA) is 127 Å². The smallest absolute Gasteiger partial charge is 0.410 e. The number of nitrogens with zero attached hydrogens (tertiary/aromatic N) is 2. The van der Waals surface area contributed by atoms with Crippen LogP contribution < -0.4 is 10.6 Å². The summed E-state index contributed by atoms with van der Waals surface area (Å²) in [5.41, 5.74) is 1.00. The molecule has 2 atom stereocenters. The number of ether oxygens (including phenoxy) is 2. The first-order valence-corrected chi connectivity index (χ1v) is 15.5. The Bertz CT molecular complexity index is 1380. The van der Waals surface area contributed by atoms with Gasteiger partial charge in [0.2, 0.25) is 11.7 Å². The number of aromatic nitrogens is 1. The number of ketones is 1. The molecule has 44 heavy (non-hydrogen) atoms. The fraction of sp³-hybridized carbons (Fsp3) is 0.469. The number of thiazole rings is 1. The van der Waals surface area contributed by atoms with Crippen LogP contribution in [0.5, 0.6) is 0 Å². The molecule has 1 saturated heterocycles. The number of benzene rings is 2. The van der Waals surface area contributed by atoms with E-state index in [1.807, 2.05) is 54.6 Å². The Morgan fingerprint density at radius 3 is 2.50 bits per heavy atom. The normalized spacial score (nSPS) is 15.5. The van der Waals surface area contributed by atoms with Crippen LogP contribution in [0, 0.1) is 5.92 Å². The zero-order valence-electron chi connectivity index (χ0n) is 25.4. The van der Waals surface area contributed by atoms with E-state index in [-0.39, 0.29) is 37.2 Å². The van der Waals surface area contributed by atoms with E-state index in [0.717, 1.165) is 15.8 Å². The van der Waals surface area contributed by atoms with Gasteiger partial charge in [-0.05, 0) is 70.6 Å². The van der Waals surface area contributed by atoms with Crippen molar-refractivity contribution in [1.82, 2.24) is 20.5 Å². The van der Waals surface area contributed by atoms with Crippen molar-refractivity contribution >= 4 is 57.8 Å². The molecule has 10 nitrogen and oxygen atoms in total. The van der Waals surface area contributed by atoms with Gasteiger partial charge in [0.05, 0.1) is 22.2 Å². The summed E-state index contributed by atoms with van der Waals surface area (Å²) in [5.74, 6) is -0.965. The second kappa shape index (κ2) is 16.4. The minimum atomic E-state index is -0.782. The summed E-state index contributed by atoms with van der Waals surface area (Å²) < 4.78 is 11.6. The minimum absolute atomic E-state index is 0. The lowest BCUT2D eigenvalue weighted by molar-refractivity contribution is -0.127. The van der Waals surface area contributed by atoms with Gasteiger partial charge in [0, 0.05) is 19.6 Å². The maximum Gasteiger partial charge on any atom is 0.410 e. The van der Waals surface area contributed by atoms with Gasteiger partial charge in [0.15, 0.2) is 5.01 Å². The predicted molar refractivity (Wildman–Crippen MR) is 172 cm³/mol. The van der Waals surface area contributed by atoms with E-state index in [1.54, 1.807) is 25.7 Å². The lowest BCUT2D eigenvalue weighted by atomic mass is 9.96. The average Bonchev–Trinajstić information content (AvgIpc) is 3.43. The van der Waals surface area contributed by atoms with Gasteiger partial charge >= 0.3 is 12.2 Å². The van der Waals surface area contributed by atoms with Gasteiger partial charge in [0.1, 0.15) is 12.2 Å². The number of alkyl carbamates (subject to hydrolysis) is 1. The summed E-state index contributed by atoms with van der Waals surface area (Å²) in [6, 6.07) is 16.2. The van der Waals surface area contributed by atoms with Gasteiger partial charge in [0.25, 0.3) is 0 Å². The number of likely N-dealkylation sites (tertiary alicyclic amines) is 1. The van der Waals surface area contributed by atoms with E-state index < -0.39 is 29.7 Å². The van der Waals surface area contributed by atoms with Crippen molar-refractivity contribution in [2.75, 3.05) is 19.6 Å². The number of hydrogen-bond acceptors (Lipinski definition) is 8. The summed E-state index contributed by atoms with van der Waals surface area (Å²) in [5, 5.41) is 6.04. The molecule has 0 unspecified atom stereocenters. The molecule has 12 heteroatoms. The van der Waals surface area contributed by atoms with Crippen LogP contribution in [-0.2, 0) is 20.9 Å². The highest BCUT2D eigenvalue weighted by Crippen LogP contribution is 2.24. The third-order valence-corrected chi connectivity index (χ3v) is 8.03. The van der Waals surface area contributed by atoms with Crippen molar-refractivity contribution in [3.8, 4) is 0 Å². The standard InChI is InChI=1S/C32H40N4O6S.ClH/c1-32(2,3)42-31(40)36-19-11-14-23(20-36)28(38)34-25(27(37)29-35-24-15-7-8-17-26(24)43-29)16-9-10-18-33-30(39)41-21-22-12-5-4-6-13-22;/h4-8,12-13,15,17,23,25H,9-11,14,16,18-21H2,1-3H3,(H,33,39)(H,34,38);1H/t23-,25-;/m0./s1. The molecule has 1 aliphatic rings. The van der Waals surface area contributed by atoms with Gasteiger partial charge in [-0.25, -0.2) is 14.6 Å². The Morgan fingerprint density at radius 2 is 1.77 bits per heavy atom. The molecule has 2 heterocycles. The fourth-order valence-corrected chi connectivity index (χ4v) is 5.77. The predicted octanol–water partition coefficient (Wildman–Crippen LogP) is 6.13. The zero-order chi connectivity index (χ0) is 30.8. The molecule has 2 N–H and O–H groups in total. The van der Waals surface area contributed by atoms with E-state index in [0.29, 0.717) is 50.2 Å². The van der Waals surface area contributed by atoms with Crippen LogP contribution in [0.1, 0.15) is 68.2 Å². The number of halogens is 1. The Balaban J connectivity index is 0.00000529. The summed E-state index contributed by atoms with van der Waals surface area (Å²) in [4.78, 5) is 57.8. The van der Waals surface area contributed by atoms with Crippen molar-refractivity contribution in [3.63, 3.8) is 0 Å². The number of hydrogen-bond donors (Lipinski definition) is 2. The SMILES string of the molecule is CC(C)(C)OC(=O)N1CCC[C@H](C(=O)N[C@@H](CCCCNC(=O)OCc2ccccc2)C(=O)c2nc3ccccc3s2)C1.Cl. The van der Waals surface area contributed by atoms with Crippen molar-refractivity contribution in [3.05, 3.63) is 65.2 Å². The van der Waals surface area contributed by atoms with Crippen LogP contribution in [0.3, 0.4) is 0 Å². The number of fused-ring (bicyclic) bond motifs is 1. The van der Waals surface area contributed by atoms with Crippen LogP contribution in [0.2, 0.25) is 0 Å². The molecule has 2 aromatic carbocycles. The second-order valence-corrected chi connectivity index (χ2v) is 12.7. The minimum Gasteiger partial charge on any atom is -0.445 e. The second-order valence-electron chi connectivity index (χ2n) is 11.7. The first-order valence-electron chi connectivity index (χ1n) is 14.7. The highest BCUT2D eigenvalue weighted by molar-refractivity contribution is 7.20. The van der Waals surface area contributed by atoms with Crippen molar-refractivity contribution < 1.29 is 28.7 Å². The highest BCUT2D eigenvalue weighted by atomic mass is 35.5. The average molecular weight is 645 g/mol. The number of carbonyl (C=O) groups excluding carboxylic acids is 4. The molecule has 1 aromatic heterocycles. The first kappa shape index (κ1) is 34.8. The summed E-state index contributed by atoms with van der Waals surface area (Å²) in [6.45, 7) is 6.73. The van der Waals surface area contributed by atoms with Gasteiger partial charge in [-0.2, -0.15) is 0 Å². The van der Waals surface area contributed by atoms with Crippen LogP contribution in [0.15, 0.2) is 54.6 Å². The maximum atomic E-state index is 13.6. The quantitative estimate of drug-likeness (QED) is 0.190. The molecule has 0 aliphatic carbocycles. The molecule has 0 radical (unpaired) electrons. The third kappa shape index (κ3) is 10.5. The van der Waals surface area contributed by atoms with Gasteiger partial charge in [-0.3, -0.25) is 9.59 Å². The largest absolute Gasteiger partial charge is 0.445 e. The van der Waals surface area contributed by atoms with E-state index >= 15 is 0 Å². The summed E-state index contributed by atoms with van der Waals surface area (Å²) in [6.07, 6.45) is 1.88. The number of piperidine rings is 1. The van der Waals surface area contributed by atoms with E-state index in [9.17, 15) is 19.2 Å². The number of Topliss-reactive ketones (excluding diaryl/α,β-unsaturated/α-hetero) is 1. The van der Waals surface area contributed by atoms with Crippen LogP contribution in [-0.4, -0.2) is 65.0 Å². The van der Waals surface area contributed by atoms with Crippen LogP contribution >= 0.6 is 23.7 Å². The maximum absolute atomic E-state index is 13.6. The van der Waals surface area contributed by atoms with Gasteiger partial charge in [-0.1, -0.05) is 42.5 Å². The molecule has 1 aliphatic heterocycles. The molecule has 1 fully saturated rings. The molecule has 0 spiro atoms. The van der Waals surface area contributed by atoms with Crippen molar-refractivity contribution in [1.29, 1.82) is 0 Å². The third-order valence-electron chi connectivity index (χ3n) is 6.98. The zero-order valence-corrected chi connectivity index (χ0v) is 27.0. The molecule has 3 amide bonds. The molecule has 4 rings (SSSR count). The molecule has 3 aromatic rings. The number of rotatable bonds is 11. The number of unbranched alkanes of at least 4 members (excludes halogenated alkanes) is 1. The molecular formula is C32H41ClN4O6S. The molecule has 0 bridgehead atoms. The first-order chi connectivity index (χ1) is 20.6. The van der Waals surface area contributed by atoms with Gasteiger partial charge in [-0.15, -0.1) is 23.7 Å². The number of carbonyl (C=O) groups is 4. The van der Waals surface area contributed by atoms with E-state index in [1.165, 1.54) is 11.3 Å².